The van der Waals surface area contributed by atoms with Gasteiger partial charge in [0.1, 0.15) is 0 Å². The zero-order valence-corrected chi connectivity index (χ0v) is 14.6. The third kappa shape index (κ3) is 3.37. The van der Waals surface area contributed by atoms with Crippen LogP contribution >= 0.6 is 0 Å². The van der Waals surface area contributed by atoms with Crippen LogP contribution in [0.4, 0.5) is 0 Å². The molecule has 1 aliphatic rings. The summed E-state index contributed by atoms with van der Waals surface area (Å²) in [6.45, 7) is 12.3. The Morgan fingerprint density at radius 3 is 2.76 bits per heavy atom. The van der Waals surface area contributed by atoms with Gasteiger partial charge in [-0.25, -0.2) is 0 Å². The van der Waals surface area contributed by atoms with E-state index in [1.165, 1.54) is 0 Å². The van der Waals surface area contributed by atoms with Crippen molar-refractivity contribution < 1.29 is 14.3 Å². The minimum Gasteiger partial charge on any atom is -0.481 e. The average Bonchev–Trinajstić information content (AvgIpc) is 2.77. The lowest BCUT2D eigenvalue weighted by Gasteiger charge is -2.36. The summed E-state index contributed by atoms with van der Waals surface area (Å²) in [6, 6.07) is 0. The molecule has 1 N–H and O–H groups in total. The molecule has 2 heterocycles. The van der Waals surface area contributed by atoms with Gasteiger partial charge in [0, 0.05) is 24.2 Å². The molecule has 0 saturated carbocycles. The molecule has 1 aromatic heterocycles. The van der Waals surface area contributed by atoms with E-state index in [4.69, 9.17) is 4.43 Å². The van der Waals surface area contributed by atoms with Crippen LogP contribution in [0.5, 0.6) is 0 Å². The van der Waals surface area contributed by atoms with Gasteiger partial charge >= 0.3 is 5.97 Å². The van der Waals surface area contributed by atoms with Crippen LogP contribution in [-0.4, -0.2) is 29.2 Å². The van der Waals surface area contributed by atoms with Crippen molar-refractivity contribution in [1.29, 1.82) is 0 Å². The molecule has 0 bridgehead atoms. The zero-order chi connectivity index (χ0) is 15.8. The first-order valence-corrected chi connectivity index (χ1v) is 10.4. The number of fused-ring (bicyclic) bond motifs is 1. The third-order valence-corrected chi connectivity index (χ3v) is 9.39. The summed E-state index contributed by atoms with van der Waals surface area (Å²) in [7, 11) is -1.80. The summed E-state index contributed by atoms with van der Waals surface area (Å²) in [5, 5.41) is 13.7. The minimum absolute atomic E-state index is 0.170. The molecule has 0 radical (unpaired) electrons. The van der Waals surface area contributed by atoms with Gasteiger partial charge in [0.25, 0.3) is 0 Å². The molecule has 0 saturated heterocycles. The van der Waals surface area contributed by atoms with Crippen LogP contribution < -0.4 is 0 Å². The van der Waals surface area contributed by atoms with E-state index in [1.54, 1.807) is 0 Å². The summed E-state index contributed by atoms with van der Waals surface area (Å²) in [5.41, 5.74) is 2.08. The standard InChI is InChI=1S/C15H26N2O3Si/c1-15(2,3)21(4,5)20-10-12-9-16-17-7-6-11(14(18)19)8-13(12)17/h9,11H,6-8,10H2,1-5H3,(H,18,19). The molecular weight excluding hydrogens is 284 g/mol. The number of hydrogen-bond donors (Lipinski definition) is 1. The van der Waals surface area contributed by atoms with Crippen LogP contribution in [-0.2, 0) is 28.8 Å². The highest BCUT2D eigenvalue weighted by Crippen LogP contribution is 2.37. The van der Waals surface area contributed by atoms with Crippen LogP contribution in [0, 0.1) is 5.92 Å². The van der Waals surface area contributed by atoms with Crippen molar-refractivity contribution in [2.75, 3.05) is 0 Å². The number of carbonyl (C=O) groups is 1. The number of aliphatic carboxylic acids is 1. The molecule has 0 aromatic carbocycles. The molecule has 1 unspecified atom stereocenters. The highest BCUT2D eigenvalue weighted by atomic mass is 28.4. The van der Waals surface area contributed by atoms with E-state index in [9.17, 15) is 9.90 Å². The van der Waals surface area contributed by atoms with E-state index in [0.29, 0.717) is 26.0 Å². The maximum atomic E-state index is 11.2. The second-order valence-corrected chi connectivity index (χ2v) is 12.2. The van der Waals surface area contributed by atoms with Crippen molar-refractivity contribution in [2.45, 2.75) is 64.9 Å². The molecule has 1 aliphatic heterocycles. The number of rotatable bonds is 4. The van der Waals surface area contributed by atoms with E-state index in [-0.39, 0.29) is 11.0 Å². The topological polar surface area (TPSA) is 64.4 Å². The Balaban J connectivity index is 2.10. The Morgan fingerprint density at radius 2 is 2.19 bits per heavy atom. The Kier molecular flexibility index (Phi) is 4.30. The molecule has 118 valence electrons. The Bertz CT molecular complexity index is 532. The van der Waals surface area contributed by atoms with Crippen molar-refractivity contribution in [1.82, 2.24) is 9.78 Å². The number of carboxylic acids is 1. The fraction of sp³-hybridized carbons (Fsp3) is 0.733. The molecule has 0 amide bonds. The lowest BCUT2D eigenvalue weighted by atomic mass is 9.95. The number of aryl methyl sites for hydroxylation is 1. The molecule has 1 atom stereocenters. The Labute approximate surface area is 127 Å². The van der Waals surface area contributed by atoms with Gasteiger partial charge in [-0.2, -0.15) is 5.10 Å². The SMILES string of the molecule is CC(C)(C)[Si](C)(C)OCc1cnn2c1CC(C(=O)O)CC2. The molecule has 0 fully saturated rings. The maximum absolute atomic E-state index is 11.2. The molecule has 1 aromatic rings. The van der Waals surface area contributed by atoms with Gasteiger partial charge in [0.2, 0.25) is 0 Å². The molecule has 5 nitrogen and oxygen atoms in total. The van der Waals surface area contributed by atoms with Crippen LogP contribution in [0.15, 0.2) is 6.20 Å². The Hall–Kier alpha value is -1.14. The molecular formula is C15H26N2O3Si. The Morgan fingerprint density at radius 1 is 1.52 bits per heavy atom. The summed E-state index contributed by atoms with van der Waals surface area (Å²) >= 11 is 0. The number of carboxylic acid groups (broad SMARTS) is 1. The summed E-state index contributed by atoms with van der Waals surface area (Å²) in [5.74, 6) is -1.00. The van der Waals surface area contributed by atoms with E-state index in [0.717, 1.165) is 11.3 Å². The second-order valence-electron chi connectivity index (χ2n) is 7.42. The minimum atomic E-state index is -1.80. The molecule has 0 spiro atoms. The van der Waals surface area contributed by atoms with Crippen LogP contribution in [0.3, 0.4) is 0 Å². The van der Waals surface area contributed by atoms with Crippen LogP contribution in [0.2, 0.25) is 18.1 Å². The second kappa shape index (κ2) is 5.57. The molecule has 2 rings (SSSR count). The first kappa shape index (κ1) is 16.2. The molecule has 0 aliphatic carbocycles. The van der Waals surface area contributed by atoms with E-state index in [2.05, 4.69) is 39.0 Å². The van der Waals surface area contributed by atoms with E-state index >= 15 is 0 Å². The van der Waals surface area contributed by atoms with Gasteiger partial charge in [0.15, 0.2) is 8.32 Å². The highest BCUT2D eigenvalue weighted by Gasteiger charge is 2.37. The zero-order valence-electron chi connectivity index (χ0n) is 13.6. The van der Waals surface area contributed by atoms with Gasteiger partial charge in [-0.1, -0.05) is 20.8 Å². The lowest BCUT2D eigenvalue weighted by molar-refractivity contribution is -0.142. The quantitative estimate of drug-likeness (QED) is 0.868. The molecule has 21 heavy (non-hydrogen) atoms. The summed E-state index contributed by atoms with van der Waals surface area (Å²) in [4.78, 5) is 11.2. The van der Waals surface area contributed by atoms with Crippen molar-refractivity contribution >= 4 is 14.3 Å². The van der Waals surface area contributed by atoms with Crippen molar-refractivity contribution in [3.05, 3.63) is 17.5 Å². The van der Waals surface area contributed by atoms with Crippen molar-refractivity contribution in [3.63, 3.8) is 0 Å². The monoisotopic (exact) mass is 310 g/mol. The van der Waals surface area contributed by atoms with Crippen molar-refractivity contribution in [3.8, 4) is 0 Å². The number of hydrogen-bond acceptors (Lipinski definition) is 3. The third-order valence-electron chi connectivity index (χ3n) is 4.91. The maximum Gasteiger partial charge on any atom is 0.306 e. The smallest absolute Gasteiger partial charge is 0.306 e. The fourth-order valence-electron chi connectivity index (χ4n) is 2.30. The van der Waals surface area contributed by atoms with Crippen LogP contribution in [0.1, 0.15) is 38.4 Å². The predicted molar refractivity (Wildman–Crippen MR) is 83.7 cm³/mol. The van der Waals surface area contributed by atoms with Gasteiger partial charge in [-0.05, 0) is 24.6 Å². The largest absolute Gasteiger partial charge is 0.481 e. The van der Waals surface area contributed by atoms with Crippen LogP contribution in [0.25, 0.3) is 0 Å². The van der Waals surface area contributed by atoms with E-state index < -0.39 is 14.3 Å². The number of aromatic nitrogens is 2. The fourth-order valence-corrected chi connectivity index (χ4v) is 3.25. The number of nitrogens with zero attached hydrogens (tertiary/aromatic N) is 2. The van der Waals surface area contributed by atoms with Gasteiger partial charge in [-0.15, -0.1) is 0 Å². The normalized spacial score (nSPS) is 19.4. The molecule has 6 heteroatoms. The van der Waals surface area contributed by atoms with E-state index in [1.807, 2.05) is 10.9 Å². The first-order chi connectivity index (χ1) is 9.62. The first-order valence-electron chi connectivity index (χ1n) is 7.52. The lowest BCUT2D eigenvalue weighted by Crippen LogP contribution is -2.40. The average molecular weight is 310 g/mol. The highest BCUT2D eigenvalue weighted by molar-refractivity contribution is 6.74. The van der Waals surface area contributed by atoms with Gasteiger partial charge < -0.3 is 9.53 Å². The van der Waals surface area contributed by atoms with Gasteiger partial charge in [-0.3, -0.25) is 9.48 Å². The van der Waals surface area contributed by atoms with Gasteiger partial charge in [0.05, 0.1) is 18.7 Å². The van der Waals surface area contributed by atoms with Crippen molar-refractivity contribution in [2.24, 2.45) is 5.92 Å². The summed E-state index contributed by atoms with van der Waals surface area (Å²) in [6.07, 6.45) is 3.06. The summed E-state index contributed by atoms with van der Waals surface area (Å²) < 4.78 is 8.17. The predicted octanol–water partition coefficient (Wildman–Crippen LogP) is 3.05.